The Bertz CT molecular complexity index is 822. The summed E-state index contributed by atoms with van der Waals surface area (Å²) < 4.78 is 44.2. The molecule has 2 fully saturated rings. The topological polar surface area (TPSA) is 88.0 Å². The van der Waals surface area contributed by atoms with Gasteiger partial charge in [0.2, 0.25) is 5.91 Å². The number of alkyl halides is 3. The number of piperidine rings is 1. The molecular weight excluding hydrogens is 429 g/mol. The van der Waals surface area contributed by atoms with Crippen molar-refractivity contribution in [3.63, 3.8) is 0 Å². The van der Waals surface area contributed by atoms with Gasteiger partial charge in [-0.2, -0.15) is 13.2 Å². The van der Waals surface area contributed by atoms with Gasteiger partial charge in [-0.3, -0.25) is 19.8 Å². The highest BCUT2D eigenvalue weighted by Gasteiger charge is 2.35. The van der Waals surface area contributed by atoms with Crippen LogP contribution < -0.4 is 10.2 Å². The number of nitrogens with zero attached hydrogens (tertiary/aromatic N) is 3. The van der Waals surface area contributed by atoms with Gasteiger partial charge in [0.15, 0.2) is 0 Å². The minimum absolute atomic E-state index is 0.0466. The van der Waals surface area contributed by atoms with E-state index in [0.29, 0.717) is 45.2 Å². The van der Waals surface area contributed by atoms with Gasteiger partial charge in [-0.15, -0.1) is 0 Å². The molecule has 3 rings (SSSR count). The average molecular weight is 458 g/mol. The van der Waals surface area contributed by atoms with Crippen LogP contribution in [0.25, 0.3) is 0 Å². The smallest absolute Gasteiger partial charge is 0.379 e. The molecule has 1 N–H and O–H groups in total. The van der Waals surface area contributed by atoms with Crippen molar-refractivity contribution in [1.29, 1.82) is 0 Å². The second-order valence-electron chi connectivity index (χ2n) is 8.41. The monoisotopic (exact) mass is 458 g/mol. The average Bonchev–Trinajstić information content (AvgIpc) is 2.78. The lowest BCUT2D eigenvalue weighted by Gasteiger charge is -2.37. The molecule has 0 aliphatic carbocycles. The summed E-state index contributed by atoms with van der Waals surface area (Å²) in [4.78, 5) is 27.3. The van der Waals surface area contributed by atoms with Crippen LogP contribution >= 0.6 is 0 Å². The highest BCUT2D eigenvalue weighted by atomic mass is 19.4. The lowest BCUT2D eigenvalue weighted by atomic mass is 9.94. The Hall–Kier alpha value is -2.40. The summed E-state index contributed by atoms with van der Waals surface area (Å²) in [6.45, 7) is 7.77. The minimum Gasteiger partial charge on any atom is -0.379 e. The first-order valence-corrected chi connectivity index (χ1v) is 10.8. The molecule has 2 aliphatic heterocycles. The zero-order valence-corrected chi connectivity index (χ0v) is 18.2. The number of ether oxygens (including phenoxy) is 1. The first kappa shape index (κ1) is 24.2. The fourth-order valence-corrected chi connectivity index (χ4v) is 4.26. The largest absolute Gasteiger partial charge is 0.416 e. The van der Waals surface area contributed by atoms with Gasteiger partial charge in [0, 0.05) is 50.2 Å². The van der Waals surface area contributed by atoms with Crippen molar-refractivity contribution < 1.29 is 27.6 Å². The summed E-state index contributed by atoms with van der Waals surface area (Å²) in [6.07, 6.45) is -3.70. The third-order valence-corrected chi connectivity index (χ3v) is 6.42. The van der Waals surface area contributed by atoms with Crippen LogP contribution in [0.15, 0.2) is 18.2 Å². The van der Waals surface area contributed by atoms with Gasteiger partial charge in [-0.05, 0) is 38.8 Å². The Morgan fingerprint density at radius 3 is 2.38 bits per heavy atom. The number of hydrogen-bond donors (Lipinski definition) is 1. The standard InChI is InChI=1S/C21H29F3N4O4/c1-14(15(2)26-9-11-32-12-10-26)25-20(29)16-5-7-27(8-6-16)18-4-3-17(21(22,23)24)13-19(18)28(30)31/h3-4,13-16H,5-12H2,1-2H3,(H,25,29). The molecule has 1 aromatic carbocycles. The second kappa shape index (κ2) is 10.0. The molecule has 1 aromatic rings. The number of halogens is 3. The molecule has 2 heterocycles. The van der Waals surface area contributed by atoms with E-state index in [1.165, 1.54) is 0 Å². The molecule has 2 saturated heterocycles. The molecule has 2 unspecified atom stereocenters. The summed E-state index contributed by atoms with van der Waals surface area (Å²) in [7, 11) is 0. The Morgan fingerprint density at radius 1 is 1.19 bits per heavy atom. The van der Waals surface area contributed by atoms with Crippen molar-refractivity contribution >= 4 is 17.3 Å². The number of morpholine rings is 1. The van der Waals surface area contributed by atoms with Crippen LogP contribution in [0.3, 0.4) is 0 Å². The molecule has 0 radical (unpaired) electrons. The number of amides is 1. The second-order valence-corrected chi connectivity index (χ2v) is 8.41. The van der Waals surface area contributed by atoms with Crippen molar-refractivity contribution in [3.05, 3.63) is 33.9 Å². The maximum atomic E-state index is 12.9. The summed E-state index contributed by atoms with van der Waals surface area (Å²) >= 11 is 0. The Morgan fingerprint density at radius 2 is 1.81 bits per heavy atom. The first-order valence-electron chi connectivity index (χ1n) is 10.8. The third-order valence-electron chi connectivity index (χ3n) is 6.42. The summed E-state index contributed by atoms with van der Waals surface area (Å²) in [6, 6.07) is 2.69. The van der Waals surface area contributed by atoms with E-state index in [0.717, 1.165) is 25.2 Å². The molecule has 0 bridgehead atoms. The number of nitrogens with one attached hydrogen (secondary N) is 1. The number of benzene rings is 1. The fourth-order valence-electron chi connectivity index (χ4n) is 4.26. The summed E-state index contributed by atoms with van der Waals surface area (Å²) in [5.74, 6) is -0.293. The number of hydrogen-bond acceptors (Lipinski definition) is 6. The van der Waals surface area contributed by atoms with Crippen molar-refractivity contribution in [2.45, 2.75) is 44.9 Å². The van der Waals surface area contributed by atoms with E-state index in [9.17, 15) is 28.1 Å². The zero-order chi connectivity index (χ0) is 23.5. The summed E-state index contributed by atoms with van der Waals surface area (Å²) in [5, 5.41) is 14.4. The molecular formula is C21H29F3N4O4. The highest BCUT2D eigenvalue weighted by molar-refractivity contribution is 5.79. The van der Waals surface area contributed by atoms with Crippen LogP contribution in [0.2, 0.25) is 0 Å². The van der Waals surface area contributed by atoms with Gasteiger partial charge in [0.05, 0.1) is 23.7 Å². The van der Waals surface area contributed by atoms with Crippen LogP contribution in [0, 0.1) is 16.0 Å². The van der Waals surface area contributed by atoms with E-state index in [2.05, 4.69) is 17.1 Å². The lowest BCUT2D eigenvalue weighted by molar-refractivity contribution is -0.384. The van der Waals surface area contributed by atoms with Gasteiger partial charge >= 0.3 is 6.18 Å². The van der Waals surface area contributed by atoms with Crippen molar-refractivity contribution in [3.8, 4) is 0 Å². The number of nitro groups is 1. The van der Waals surface area contributed by atoms with Crippen LogP contribution in [0.1, 0.15) is 32.3 Å². The first-order chi connectivity index (χ1) is 15.1. The van der Waals surface area contributed by atoms with Crippen molar-refractivity contribution in [2.75, 3.05) is 44.3 Å². The number of rotatable bonds is 6. The maximum absolute atomic E-state index is 12.9. The molecule has 2 aliphatic rings. The van der Waals surface area contributed by atoms with Crippen LogP contribution in [-0.4, -0.2) is 67.2 Å². The van der Waals surface area contributed by atoms with E-state index in [1.807, 2.05) is 6.92 Å². The minimum atomic E-state index is -4.65. The van der Waals surface area contributed by atoms with Gasteiger partial charge in [-0.25, -0.2) is 0 Å². The molecule has 8 nitrogen and oxygen atoms in total. The number of anilines is 1. The number of carbonyl (C=O) groups is 1. The predicted octanol–water partition coefficient (Wildman–Crippen LogP) is 3.06. The molecule has 11 heteroatoms. The molecule has 2 atom stereocenters. The third kappa shape index (κ3) is 5.69. The van der Waals surface area contributed by atoms with Crippen molar-refractivity contribution in [2.24, 2.45) is 5.92 Å². The van der Waals surface area contributed by atoms with Crippen LogP contribution in [-0.2, 0) is 15.7 Å². The van der Waals surface area contributed by atoms with Crippen LogP contribution in [0.5, 0.6) is 0 Å². The van der Waals surface area contributed by atoms with E-state index in [4.69, 9.17) is 4.74 Å². The fraction of sp³-hybridized carbons (Fsp3) is 0.667. The molecule has 0 saturated carbocycles. The molecule has 32 heavy (non-hydrogen) atoms. The van der Waals surface area contributed by atoms with E-state index in [-0.39, 0.29) is 29.6 Å². The van der Waals surface area contributed by atoms with E-state index in [1.54, 1.807) is 4.90 Å². The lowest BCUT2D eigenvalue weighted by Crippen LogP contribution is -2.53. The van der Waals surface area contributed by atoms with E-state index < -0.39 is 22.4 Å². The quantitative estimate of drug-likeness (QED) is 0.521. The Labute approximate surface area is 184 Å². The highest BCUT2D eigenvalue weighted by Crippen LogP contribution is 2.37. The normalized spacial score (nSPS) is 20.6. The number of carbonyl (C=O) groups excluding carboxylic acids is 1. The molecule has 0 aromatic heterocycles. The molecule has 0 spiro atoms. The number of nitro benzene ring substituents is 1. The van der Waals surface area contributed by atoms with Gasteiger partial charge in [0.25, 0.3) is 5.69 Å². The molecule has 1 amide bonds. The Kier molecular flexibility index (Phi) is 7.60. The Balaban J connectivity index is 1.58. The predicted molar refractivity (Wildman–Crippen MR) is 112 cm³/mol. The van der Waals surface area contributed by atoms with Gasteiger partial charge in [-0.1, -0.05) is 0 Å². The maximum Gasteiger partial charge on any atom is 0.416 e. The summed E-state index contributed by atoms with van der Waals surface area (Å²) in [5.41, 5.74) is -1.47. The van der Waals surface area contributed by atoms with E-state index >= 15 is 0 Å². The zero-order valence-electron chi connectivity index (χ0n) is 18.2. The molecule has 178 valence electrons. The van der Waals surface area contributed by atoms with Gasteiger partial charge < -0.3 is 15.0 Å². The SMILES string of the molecule is CC(NC(=O)C1CCN(c2ccc(C(F)(F)F)cc2[N+](=O)[O-])CC1)C(C)N1CCOCC1. The van der Waals surface area contributed by atoms with Gasteiger partial charge in [0.1, 0.15) is 5.69 Å². The van der Waals surface area contributed by atoms with Crippen LogP contribution in [0.4, 0.5) is 24.5 Å². The van der Waals surface area contributed by atoms with Crippen molar-refractivity contribution in [1.82, 2.24) is 10.2 Å².